The maximum absolute atomic E-state index is 12.0. The molecule has 1 heterocycles. The predicted octanol–water partition coefficient (Wildman–Crippen LogP) is 2.01. The Labute approximate surface area is 178 Å². The number of aromatic nitrogens is 2. The summed E-state index contributed by atoms with van der Waals surface area (Å²) in [5.74, 6) is 1.31. The lowest BCUT2D eigenvalue weighted by atomic mass is 9.91. The molecule has 0 unspecified atom stereocenters. The van der Waals surface area contributed by atoms with Crippen LogP contribution in [0.15, 0.2) is 0 Å². The van der Waals surface area contributed by atoms with E-state index in [2.05, 4.69) is 20.9 Å². The van der Waals surface area contributed by atoms with E-state index < -0.39 is 5.97 Å². The molecule has 2 amide bonds. The molecule has 0 bridgehead atoms. The molecule has 0 spiro atoms. The van der Waals surface area contributed by atoms with Crippen molar-refractivity contribution in [3.8, 4) is 0 Å². The number of hydrogen-bond donors (Lipinski definition) is 3. The van der Waals surface area contributed by atoms with E-state index in [1.165, 1.54) is 24.1 Å². The summed E-state index contributed by atoms with van der Waals surface area (Å²) < 4.78 is 4.81. The van der Waals surface area contributed by atoms with Crippen molar-refractivity contribution in [2.45, 2.75) is 70.4 Å². The number of ether oxygens (including phenoxy) is 1. The zero-order valence-electron chi connectivity index (χ0n) is 18.3. The van der Waals surface area contributed by atoms with Crippen LogP contribution in [-0.4, -0.2) is 61.3 Å². The predicted molar refractivity (Wildman–Crippen MR) is 116 cm³/mol. The van der Waals surface area contributed by atoms with Gasteiger partial charge in [0.2, 0.25) is 5.95 Å². The van der Waals surface area contributed by atoms with E-state index in [9.17, 15) is 9.59 Å². The van der Waals surface area contributed by atoms with Crippen molar-refractivity contribution in [1.29, 1.82) is 0 Å². The maximum Gasteiger partial charge on any atom is 0.325 e. The summed E-state index contributed by atoms with van der Waals surface area (Å²) in [7, 11) is 4.07. The van der Waals surface area contributed by atoms with Crippen LogP contribution in [0.5, 0.6) is 0 Å². The van der Waals surface area contributed by atoms with Gasteiger partial charge < -0.3 is 25.6 Å². The van der Waals surface area contributed by atoms with Crippen molar-refractivity contribution in [2.24, 2.45) is 0 Å². The third-order valence-electron chi connectivity index (χ3n) is 5.68. The number of aryl methyl sites for hydroxylation is 1. The SMILES string of the molecule is CCOC(=O)CNC(=O)N[C@H]1CC[C@@H](Nc2nc3c(c(N(C)C)n2)CCCC3)CC1. The lowest BCUT2D eigenvalue weighted by Crippen LogP contribution is -2.46. The number of amides is 2. The fourth-order valence-corrected chi connectivity index (χ4v) is 4.17. The summed E-state index contributed by atoms with van der Waals surface area (Å²) in [6.07, 6.45) is 8.07. The number of nitrogens with one attached hydrogen (secondary N) is 3. The van der Waals surface area contributed by atoms with Crippen LogP contribution in [0.1, 0.15) is 56.7 Å². The third-order valence-corrected chi connectivity index (χ3v) is 5.68. The van der Waals surface area contributed by atoms with Crippen molar-refractivity contribution in [3.05, 3.63) is 11.3 Å². The number of anilines is 2. The molecule has 0 aromatic carbocycles. The molecule has 3 rings (SSSR count). The highest BCUT2D eigenvalue weighted by Crippen LogP contribution is 2.29. The van der Waals surface area contributed by atoms with Gasteiger partial charge >= 0.3 is 12.0 Å². The molecule has 1 aromatic rings. The highest BCUT2D eigenvalue weighted by molar-refractivity contribution is 5.80. The van der Waals surface area contributed by atoms with Gasteiger partial charge in [0, 0.05) is 31.7 Å². The molecule has 0 atom stereocenters. The highest BCUT2D eigenvalue weighted by atomic mass is 16.5. The molecule has 0 radical (unpaired) electrons. The molecule has 2 aliphatic rings. The fraction of sp³-hybridized carbons (Fsp3) is 0.714. The van der Waals surface area contributed by atoms with E-state index >= 15 is 0 Å². The molecule has 0 aliphatic heterocycles. The van der Waals surface area contributed by atoms with Crippen molar-refractivity contribution in [1.82, 2.24) is 20.6 Å². The number of fused-ring (bicyclic) bond motifs is 1. The number of urea groups is 1. The van der Waals surface area contributed by atoms with E-state index in [-0.39, 0.29) is 18.6 Å². The van der Waals surface area contributed by atoms with Crippen molar-refractivity contribution in [3.63, 3.8) is 0 Å². The topological polar surface area (TPSA) is 108 Å². The van der Waals surface area contributed by atoms with Gasteiger partial charge in [0.25, 0.3) is 0 Å². The quantitative estimate of drug-likeness (QED) is 0.581. The Hall–Kier alpha value is -2.58. The molecule has 3 N–H and O–H groups in total. The number of carbonyl (C=O) groups is 2. The van der Waals surface area contributed by atoms with Gasteiger partial charge in [-0.2, -0.15) is 4.98 Å². The average Bonchev–Trinajstić information content (AvgIpc) is 2.73. The maximum atomic E-state index is 12.0. The second-order valence-electron chi connectivity index (χ2n) is 8.22. The van der Waals surface area contributed by atoms with Crippen LogP contribution in [0, 0.1) is 0 Å². The van der Waals surface area contributed by atoms with Crippen LogP contribution in [0.3, 0.4) is 0 Å². The number of esters is 1. The fourth-order valence-electron chi connectivity index (χ4n) is 4.17. The van der Waals surface area contributed by atoms with Gasteiger partial charge in [0.05, 0.1) is 12.3 Å². The summed E-state index contributed by atoms with van der Waals surface area (Å²) in [6.45, 7) is 1.94. The van der Waals surface area contributed by atoms with Gasteiger partial charge in [-0.1, -0.05) is 0 Å². The summed E-state index contributed by atoms with van der Waals surface area (Å²) in [4.78, 5) is 34.9. The molecule has 9 heteroatoms. The minimum atomic E-state index is -0.428. The van der Waals surface area contributed by atoms with Crippen LogP contribution in [0.25, 0.3) is 0 Å². The summed E-state index contributed by atoms with van der Waals surface area (Å²) in [6, 6.07) is 0.0717. The van der Waals surface area contributed by atoms with Gasteiger partial charge in [0.1, 0.15) is 12.4 Å². The standard InChI is InChI=1S/C21H34N6O3/c1-4-30-18(28)13-22-21(29)24-15-11-9-14(10-12-15)23-20-25-17-8-6-5-7-16(17)19(26-20)27(2)3/h14-15H,4-13H2,1-3H3,(H2,22,24,29)(H,23,25,26)/t14-,15+. The Balaban J connectivity index is 1.48. The van der Waals surface area contributed by atoms with Crippen LogP contribution in [0.4, 0.5) is 16.6 Å². The molecule has 1 aromatic heterocycles. The average molecular weight is 419 g/mol. The molecule has 1 fully saturated rings. The molecular weight excluding hydrogens is 384 g/mol. The van der Waals surface area contributed by atoms with E-state index in [4.69, 9.17) is 14.7 Å². The Morgan fingerprint density at radius 3 is 2.47 bits per heavy atom. The van der Waals surface area contributed by atoms with E-state index in [1.54, 1.807) is 6.92 Å². The zero-order valence-corrected chi connectivity index (χ0v) is 18.3. The van der Waals surface area contributed by atoms with Crippen LogP contribution < -0.4 is 20.9 Å². The molecule has 2 aliphatic carbocycles. The first-order chi connectivity index (χ1) is 14.5. The summed E-state index contributed by atoms with van der Waals surface area (Å²) >= 11 is 0. The number of nitrogens with zero attached hydrogens (tertiary/aromatic N) is 3. The normalized spacial score (nSPS) is 20.6. The summed E-state index contributed by atoms with van der Waals surface area (Å²) in [5, 5.41) is 9.00. The van der Waals surface area contributed by atoms with Gasteiger partial charge in [-0.15, -0.1) is 0 Å². The molecule has 1 saturated carbocycles. The monoisotopic (exact) mass is 418 g/mol. The van der Waals surface area contributed by atoms with E-state index in [1.807, 2.05) is 14.1 Å². The first-order valence-electron chi connectivity index (χ1n) is 11.0. The van der Waals surface area contributed by atoms with Crippen LogP contribution in [0.2, 0.25) is 0 Å². The first kappa shape index (κ1) is 22.1. The largest absolute Gasteiger partial charge is 0.465 e. The van der Waals surface area contributed by atoms with Crippen molar-refractivity contribution in [2.75, 3.05) is 37.5 Å². The molecule has 0 saturated heterocycles. The van der Waals surface area contributed by atoms with E-state index in [0.29, 0.717) is 18.6 Å². The number of rotatable bonds is 7. The van der Waals surface area contributed by atoms with Gasteiger partial charge in [-0.25, -0.2) is 9.78 Å². The van der Waals surface area contributed by atoms with Crippen LogP contribution in [-0.2, 0) is 22.4 Å². The second kappa shape index (κ2) is 10.4. The Bertz CT molecular complexity index is 747. The van der Waals surface area contributed by atoms with E-state index in [0.717, 1.165) is 44.3 Å². The lowest BCUT2D eigenvalue weighted by molar-refractivity contribution is -0.141. The Morgan fingerprint density at radius 2 is 1.77 bits per heavy atom. The van der Waals surface area contributed by atoms with Crippen molar-refractivity contribution < 1.29 is 14.3 Å². The third kappa shape index (κ3) is 5.96. The smallest absolute Gasteiger partial charge is 0.325 e. The summed E-state index contributed by atoms with van der Waals surface area (Å²) in [5.41, 5.74) is 2.47. The Morgan fingerprint density at radius 1 is 1.07 bits per heavy atom. The minimum absolute atomic E-state index is 0.104. The second-order valence-corrected chi connectivity index (χ2v) is 8.22. The van der Waals surface area contributed by atoms with Gasteiger partial charge in [-0.3, -0.25) is 4.79 Å². The zero-order chi connectivity index (χ0) is 21.5. The van der Waals surface area contributed by atoms with Gasteiger partial charge in [-0.05, 0) is 58.3 Å². The van der Waals surface area contributed by atoms with Gasteiger partial charge in [0.15, 0.2) is 0 Å². The minimum Gasteiger partial charge on any atom is -0.465 e. The first-order valence-corrected chi connectivity index (χ1v) is 11.0. The number of carbonyl (C=O) groups excluding carboxylic acids is 2. The highest BCUT2D eigenvalue weighted by Gasteiger charge is 2.25. The lowest BCUT2D eigenvalue weighted by Gasteiger charge is -2.30. The molecular formula is C21H34N6O3. The molecule has 30 heavy (non-hydrogen) atoms. The molecule has 9 nitrogen and oxygen atoms in total. The number of hydrogen-bond acceptors (Lipinski definition) is 7. The Kier molecular flexibility index (Phi) is 7.70. The molecule has 166 valence electrons. The van der Waals surface area contributed by atoms with Crippen LogP contribution >= 0.6 is 0 Å². The van der Waals surface area contributed by atoms with Crippen molar-refractivity contribution >= 4 is 23.8 Å².